The first-order valence-corrected chi connectivity index (χ1v) is 8.12. The quantitative estimate of drug-likeness (QED) is 0.792. The van der Waals surface area contributed by atoms with Gasteiger partial charge in [-0.25, -0.2) is 4.79 Å². The highest BCUT2D eigenvalue weighted by Gasteiger charge is 2.44. The van der Waals surface area contributed by atoms with Gasteiger partial charge in [0, 0.05) is 22.7 Å². The number of halogens is 2. The minimum atomic E-state index is -0.820. The van der Waals surface area contributed by atoms with Crippen LogP contribution in [0.2, 0.25) is 5.02 Å². The molecule has 1 aliphatic heterocycles. The van der Waals surface area contributed by atoms with E-state index in [4.69, 9.17) is 21.1 Å². The Balaban J connectivity index is 2.26. The van der Waals surface area contributed by atoms with Crippen molar-refractivity contribution in [2.75, 3.05) is 25.1 Å². The predicted molar refractivity (Wildman–Crippen MR) is 86.7 cm³/mol. The number of anilines is 1. The lowest BCUT2D eigenvalue weighted by Crippen LogP contribution is -2.51. The summed E-state index contributed by atoms with van der Waals surface area (Å²) in [6, 6.07) is 5.49. The zero-order chi connectivity index (χ0) is 15.5. The Hall–Kier alpha value is -0.780. The molecule has 0 saturated carbocycles. The molecule has 1 fully saturated rings. The molecule has 1 aromatic carbocycles. The molecule has 0 aliphatic carbocycles. The van der Waals surface area contributed by atoms with Gasteiger partial charge in [0.2, 0.25) is 0 Å². The summed E-state index contributed by atoms with van der Waals surface area (Å²) >= 11 is 9.40. The first-order valence-electron chi connectivity index (χ1n) is 6.95. The van der Waals surface area contributed by atoms with E-state index in [1.54, 1.807) is 6.07 Å². The molecule has 1 aromatic rings. The molecule has 2 atom stereocenters. The molecule has 1 aliphatic rings. The zero-order valence-electron chi connectivity index (χ0n) is 12.1. The monoisotopic (exact) mass is 375 g/mol. The number of carbonyl (C=O) groups is 1. The minimum absolute atomic E-state index is 0.0750. The number of esters is 1. The summed E-state index contributed by atoms with van der Waals surface area (Å²) in [7, 11) is 0. The summed E-state index contributed by atoms with van der Waals surface area (Å²) in [5.41, 5.74) is -0.00603. The van der Waals surface area contributed by atoms with Gasteiger partial charge >= 0.3 is 5.97 Å². The van der Waals surface area contributed by atoms with Crippen molar-refractivity contribution in [3.05, 3.63) is 27.7 Å². The predicted octanol–water partition coefficient (Wildman–Crippen LogP) is 3.87. The standard InChI is InChI=1S/C15H19BrClNO3/c1-3-21-14(19)15(2,10-6-7-20-9-10)18-11-4-5-13(17)12(16)8-11/h4-5,8,10,18H,3,6-7,9H2,1-2H3. The number of carbonyl (C=O) groups excluding carboxylic acids is 1. The third-order valence-electron chi connectivity index (χ3n) is 3.77. The van der Waals surface area contributed by atoms with Gasteiger partial charge in [0.25, 0.3) is 0 Å². The van der Waals surface area contributed by atoms with Crippen molar-refractivity contribution in [1.82, 2.24) is 0 Å². The largest absolute Gasteiger partial charge is 0.464 e. The van der Waals surface area contributed by atoms with Crippen LogP contribution in [-0.2, 0) is 14.3 Å². The van der Waals surface area contributed by atoms with Crippen LogP contribution in [0.5, 0.6) is 0 Å². The van der Waals surface area contributed by atoms with Crippen LogP contribution in [0.15, 0.2) is 22.7 Å². The molecule has 1 saturated heterocycles. The number of hydrogen-bond acceptors (Lipinski definition) is 4. The zero-order valence-corrected chi connectivity index (χ0v) is 14.5. The molecule has 0 radical (unpaired) electrons. The molecule has 2 unspecified atom stereocenters. The van der Waals surface area contributed by atoms with Gasteiger partial charge in [0.15, 0.2) is 0 Å². The van der Waals surface area contributed by atoms with Crippen LogP contribution < -0.4 is 5.32 Å². The fourth-order valence-corrected chi connectivity index (χ4v) is 2.96. The molecule has 116 valence electrons. The second-order valence-electron chi connectivity index (χ2n) is 5.24. The van der Waals surface area contributed by atoms with Crippen molar-refractivity contribution in [2.45, 2.75) is 25.8 Å². The van der Waals surface area contributed by atoms with Gasteiger partial charge < -0.3 is 14.8 Å². The van der Waals surface area contributed by atoms with Gasteiger partial charge in [-0.3, -0.25) is 0 Å². The highest BCUT2D eigenvalue weighted by atomic mass is 79.9. The summed E-state index contributed by atoms with van der Waals surface area (Å²) in [4.78, 5) is 12.4. The van der Waals surface area contributed by atoms with Crippen LogP contribution in [0.25, 0.3) is 0 Å². The van der Waals surface area contributed by atoms with Crippen LogP contribution in [-0.4, -0.2) is 31.3 Å². The summed E-state index contributed by atoms with van der Waals surface area (Å²) in [6.07, 6.45) is 0.830. The van der Waals surface area contributed by atoms with Crippen molar-refractivity contribution < 1.29 is 14.3 Å². The molecule has 21 heavy (non-hydrogen) atoms. The lowest BCUT2D eigenvalue weighted by atomic mass is 9.84. The van der Waals surface area contributed by atoms with Crippen LogP contribution >= 0.6 is 27.5 Å². The Morgan fingerprint density at radius 3 is 2.95 bits per heavy atom. The maximum Gasteiger partial charge on any atom is 0.331 e. The van der Waals surface area contributed by atoms with E-state index in [-0.39, 0.29) is 11.9 Å². The minimum Gasteiger partial charge on any atom is -0.464 e. The van der Waals surface area contributed by atoms with E-state index in [9.17, 15) is 4.79 Å². The molecule has 1 heterocycles. The third kappa shape index (κ3) is 3.71. The van der Waals surface area contributed by atoms with E-state index in [1.807, 2.05) is 26.0 Å². The van der Waals surface area contributed by atoms with Gasteiger partial charge in [-0.1, -0.05) is 11.6 Å². The molecule has 0 amide bonds. The fraction of sp³-hybridized carbons (Fsp3) is 0.533. The maximum atomic E-state index is 12.4. The average Bonchev–Trinajstić information content (AvgIpc) is 2.98. The number of hydrogen-bond donors (Lipinski definition) is 1. The van der Waals surface area contributed by atoms with E-state index < -0.39 is 5.54 Å². The van der Waals surface area contributed by atoms with E-state index >= 15 is 0 Å². The normalized spacial score (nSPS) is 20.9. The van der Waals surface area contributed by atoms with E-state index in [0.717, 1.165) is 16.6 Å². The van der Waals surface area contributed by atoms with Gasteiger partial charge in [-0.15, -0.1) is 0 Å². The summed E-state index contributed by atoms with van der Waals surface area (Å²) in [6.45, 7) is 5.26. The second-order valence-corrected chi connectivity index (χ2v) is 6.50. The number of nitrogens with one attached hydrogen (secondary N) is 1. The van der Waals surface area contributed by atoms with Gasteiger partial charge in [-0.2, -0.15) is 0 Å². The molecule has 2 rings (SSSR count). The Morgan fingerprint density at radius 1 is 1.62 bits per heavy atom. The highest BCUT2D eigenvalue weighted by Crippen LogP contribution is 2.33. The van der Waals surface area contributed by atoms with Crippen molar-refractivity contribution in [2.24, 2.45) is 5.92 Å². The van der Waals surface area contributed by atoms with Crippen molar-refractivity contribution >= 4 is 39.2 Å². The average molecular weight is 377 g/mol. The van der Waals surface area contributed by atoms with Crippen molar-refractivity contribution in [1.29, 1.82) is 0 Å². The van der Waals surface area contributed by atoms with Gasteiger partial charge in [-0.05, 0) is 54.4 Å². The molecule has 6 heteroatoms. The first-order chi connectivity index (χ1) is 9.97. The van der Waals surface area contributed by atoms with E-state index in [1.165, 1.54) is 0 Å². The topological polar surface area (TPSA) is 47.6 Å². The number of benzene rings is 1. The molecular weight excluding hydrogens is 358 g/mol. The second kappa shape index (κ2) is 6.99. The molecule has 0 spiro atoms. The lowest BCUT2D eigenvalue weighted by Gasteiger charge is -2.34. The van der Waals surface area contributed by atoms with Crippen molar-refractivity contribution in [3.8, 4) is 0 Å². The highest BCUT2D eigenvalue weighted by molar-refractivity contribution is 9.10. The number of rotatable bonds is 5. The maximum absolute atomic E-state index is 12.4. The summed E-state index contributed by atoms with van der Waals surface area (Å²) < 4.78 is 11.5. The summed E-state index contributed by atoms with van der Waals surface area (Å²) in [5.74, 6) is -0.183. The van der Waals surface area contributed by atoms with Crippen molar-refractivity contribution in [3.63, 3.8) is 0 Å². The van der Waals surface area contributed by atoms with Crippen LogP contribution in [0, 0.1) is 5.92 Å². The fourth-order valence-electron chi connectivity index (χ4n) is 2.46. The Morgan fingerprint density at radius 2 is 2.38 bits per heavy atom. The molecule has 0 bridgehead atoms. The van der Waals surface area contributed by atoms with E-state index in [0.29, 0.717) is 24.8 Å². The van der Waals surface area contributed by atoms with E-state index in [2.05, 4.69) is 21.2 Å². The van der Waals surface area contributed by atoms with Crippen LogP contribution in [0.1, 0.15) is 20.3 Å². The van der Waals surface area contributed by atoms with Gasteiger partial charge in [0.05, 0.1) is 18.2 Å². The SMILES string of the molecule is CCOC(=O)C(C)(Nc1ccc(Cl)c(Br)c1)C1CCOC1. The smallest absolute Gasteiger partial charge is 0.331 e. The third-order valence-corrected chi connectivity index (χ3v) is 4.98. The molecule has 0 aromatic heterocycles. The molecule has 1 N–H and O–H groups in total. The molecular formula is C15H19BrClNO3. The van der Waals surface area contributed by atoms with Crippen LogP contribution in [0.3, 0.4) is 0 Å². The van der Waals surface area contributed by atoms with Crippen LogP contribution in [0.4, 0.5) is 5.69 Å². The Bertz CT molecular complexity index is 520. The summed E-state index contributed by atoms with van der Waals surface area (Å²) in [5, 5.41) is 3.93. The van der Waals surface area contributed by atoms with Gasteiger partial charge in [0.1, 0.15) is 5.54 Å². The number of ether oxygens (including phenoxy) is 2. The lowest BCUT2D eigenvalue weighted by molar-refractivity contribution is -0.150. The Labute approximate surface area is 138 Å². The first kappa shape index (κ1) is 16.6. The molecule has 4 nitrogen and oxygen atoms in total. The Kier molecular flexibility index (Phi) is 5.52.